The molecule has 0 bridgehead atoms. The number of hydrogen-bond donors (Lipinski definition) is 0. The molecule has 2 heterocycles. The van der Waals surface area contributed by atoms with Gasteiger partial charge in [0.15, 0.2) is 0 Å². The number of rotatable bonds is 9. The Hall–Kier alpha value is -3.09. The van der Waals surface area contributed by atoms with Crippen molar-refractivity contribution in [3.05, 3.63) is 54.4 Å². The summed E-state index contributed by atoms with van der Waals surface area (Å²) in [7, 11) is 1.36. The lowest BCUT2D eigenvalue weighted by atomic mass is 10.2. The summed E-state index contributed by atoms with van der Waals surface area (Å²) in [6.45, 7) is 2.83. The van der Waals surface area contributed by atoms with Crippen molar-refractivity contribution in [1.29, 1.82) is 0 Å². The highest BCUT2D eigenvalue weighted by Gasteiger charge is 2.28. The quantitative estimate of drug-likeness (QED) is 0.490. The third-order valence-electron chi connectivity index (χ3n) is 4.69. The van der Waals surface area contributed by atoms with E-state index in [2.05, 4.69) is 9.72 Å². The lowest BCUT2D eigenvalue weighted by Gasteiger charge is -2.18. The van der Waals surface area contributed by atoms with Gasteiger partial charge in [0.2, 0.25) is 0 Å². The summed E-state index contributed by atoms with van der Waals surface area (Å²) in [5, 5.41) is 0. The van der Waals surface area contributed by atoms with E-state index in [1.54, 1.807) is 41.6 Å². The molecule has 2 aromatic rings. The van der Waals surface area contributed by atoms with Gasteiger partial charge in [0.25, 0.3) is 0 Å². The molecule has 7 heteroatoms. The smallest absolute Gasteiger partial charge is 0.337 e. The first-order valence-electron chi connectivity index (χ1n) is 9.46. The number of esters is 1. The molecule has 0 unspecified atom stereocenters. The second kappa shape index (κ2) is 9.73. The molecule has 1 fully saturated rings. The van der Waals surface area contributed by atoms with E-state index in [1.165, 1.54) is 7.11 Å². The SMILES string of the molecule is COC(=O)c1ccc(OCCCCCN2CCN(c3ccncc3)C2=O)cc1. The molecule has 0 radical (unpaired) electrons. The van der Waals surface area contributed by atoms with E-state index in [-0.39, 0.29) is 12.0 Å². The van der Waals surface area contributed by atoms with Crippen molar-refractivity contribution in [2.45, 2.75) is 19.3 Å². The lowest BCUT2D eigenvalue weighted by molar-refractivity contribution is 0.0600. The molecule has 0 spiro atoms. The number of urea groups is 1. The molecule has 1 aromatic carbocycles. The fraction of sp³-hybridized carbons (Fsp3) is 0.381. The molecule has 0 aliphatic carbocycles. The van der Waals surface area contributed by atoms with Crippen molar-refractivity contribution < 1.29 is 19.1 Å². The van der Waals surface area contributed by atoms with Crippen LogP contribution in [0.15, 0.2) is 48.8 Å². The van der Waals surface area contributed by atoms with Crippen LogP contribution in [0, 0.1) is 0 Å². The lowest BCUT2D eigenvalue weighted by Crippen LogP contribution is -2.32. The highest BCUT2D eigenvalue weighted by molar-refractivity contribution is 5.94. The van der Waals surface area contributed by atoms with Crippen LogP contribution in [-0.2, 0) is 4.74 Å². The molecule has 3 rings (SSSR count). The van der Waals surface area contributed by atoms with Crippen molar-refractivity contribution in [2.75, 3.05) is 38.3 Å². The minimum atomic E-state index is -0.356. The zero-order valence-corrected chi connectivity index (χ0v) is 16.0. The van der Waals surface area contributed by atoms with Crippen LogP contribution in [0.3, 0.4) is 0 Å². The summed E-state index contributed by atoms with van der Waals surface area (Å²) in [5.74, 6) is 0.376. The van der Waals surface area contributed by atoms with Gasteiger partial charge < -0.3 is 14.4 Å². The van der Waals surface area contributed by atoms with E-state index >= 15 is 0 Å². The Morgan fingerprint density at radius 3 is 2.50 bits per heavy atom. The molecule has 1 aliphatic heterocycles. The summed E-state index contributed by atoms with van der Waals surface area (Å²) in [6, 6.07) is 10.7. The topological polar surface area (TPSA) is 72.0 Å². The average molecular weight is 383 g/mol. The van der Waals surface area contributed by atoms with Gasteiger partial charge in [-0.05, 0) is 55.7 Å². The highest BCUT2D eigenvalue weighted by atomic mass is 16.5. The summed E-state index contributed by atoms with van der Waals surface area (Å²) in [4.78, 5) is 31.6. The van der Waals surface area contributed by atoms with Gasteiger partial charge >= 0.3 is 12.0 Å². The Morgan fingerprint density at radius 1 is 1.04 bits per heavy atom. The van der Waals surface area contributed by atoms with Crippen molar-refractivity contribution in [1.82, 2.24) is 9.88 Å². The predicted octanol–water partition coefficient (Wildman–Crippen LogP) is 3.36. The van der Waals surface area contributed by atoms with Crippen LogP contribution in [0.1, 0.15) is 29.6 Å². The number of amides is 2. The zero-order chi connectivity index (χ0) is 19.8. The van der Waals surface area contributed by atoms with Crippen molar-refractivity contribution >= 4 is 17.7 Å². The van der Waals surface area contributed by atoms with E-state index in [4.69, 9.17) is 4.74 Å². The fourth-order valence-corrected chi connectivity index (χ4v) is 3.13. The maximum absolute atomic E-state index is 12.5. The number of aromatic nitrogens is 1. The van der Waals surface area contributed by atoms with Crippen LogP contribution < -0.4 is 9.64 Å². The highest BCUT2D eigenvalue weighted by Crippen LogP contribution is 2.19. The summed E-state index contributed by atoms with van der Waals surface area (Å²) < 4.78 is 10.4. The number of ether oxygens (including phenoxy) is 2. The van der Waals surface area contributed by atoms with E-state index in [9.17, 15) is 9.59 Å². The van der Waals surface area contributed by atoms with Crippen LogP contribution in [0.4, 0.5) is 10.5 Å². The Bertz CT molecular complexity index is 780. The van der Waals surface area contributed by atoms with Crippen molar-refractivity contribution in [3.8, 4) is 5.75 Å². The van der Waals surface area contributed by atoms with Gasteiger partial charge in [-0.2, -0.15) is 0 Å². The van der Waals surface area contributed by atoms with Gasteiger partial charge in [-0.15, -0.1) is 0 Å². The summed E-state index contributed by atoms with van der Waals surface area (Å²) >= 11 is 0. The monoisotopic (exact) mass is 383 g/mol. The number of anilines is 1. The number of hydrogen-bond acceptors (Lipinski definition) is 5. The van der Waals surface area contributed by atoms with Crippen molar-refractivity contribution in [2.24, 2.45) is 0 Å². The Kier molecular flexibility index (Phi) is 6.84. The summed E-state index contributed by atoms with van der Waals surface area (Å²) in [6.07, 6.45) is 6.25. The molecule has 7 nitrogen and oxygen atoms in total. The van der Waals surface area contributed by atoms with Gasteiger partial charge in [0.05, 0.1) is 19.3 Å². The Labute approximate surface area is 164 Å². The number of benzene rings is 1. The number of methoxy groups -OCH3 is 1. The van der Waals surface area contributed by atoms with E-state index in [1.807, 2.05) is 17.0 Å². The molecule has 0 N–H and O–H groups in total. The first-order valence-corrected chi connectivity index (χ1v) is 9.46. The second-order valence-corrected chi connectivity index (χ2v) is 6.55. The van der Waals surface area contributed by atoms with Crippen molar-refractivity contribution in [3.63, 3.8) is 0 Å². The van der Waals surface area contributed by atoms with Gasteiger partial charge in [-0.1, -0.05) is 0 Å². The Balaban J connectivity index is 1.32. The van der Waals surface area contributed by atoms with Crippen LogP contribution >= 0.6 is 0 Å². The molecule has 1 aliphatic rings. The number of carbonyl (C=O) groups is 2. The molecule has 1 aromatic heterocycles. The zero-order valence-electron chi connectivity index (χ0n) is 16.0. The van der Waals surface area contributed by atoms with Crippen LogP contribution in [-0.4, -0.2) is 55.2 Å². The number of carbonyl (C=O) groups excluding carboxylic acids is 2. The maximum atomic E-state index is 12.5. The molecule has 0 saturated carbocycles. The van der Waals surface area contributed by atoms with E-state index in [0.29, 0.717) is 18.7 Å². The molecular weight excluding hydrogens is 358 g/mol. The first-order chi connectivity index (χ1) is 13.7. The third-order valence-corrected chi connectivity index (χ3v) is 4.69. The van der Waals surface area contributed by atoms with Crippen LogP contribution in [0.25, 0.3) is 0 Å². The number of nitrogens with zero attached hydrogens (tertiary/aromatic N) is 3. The molecule has 2 amide bonds. The molecule has 148 valence electrons. The Morgan fingerprint density at radius 2 is 1.79 bits per heavy atom. The van der Waals surface area contributed by atoms with Gasteiger partial charge in [0.1, 0.15) is 5.75 Å². The third kappa shape index (κ3) is 5.00. The molecule has 1 saturated heterocycles. The normalized spacial score (nSPS) is 13.7. The molecular formula is C21H25N3O4. The summed E-state index contributed by atoms with van der Waals surface area (Å²) in [5.41, 5.74) is 1.40. The standard InChI is InChI=1S/C21H25N3O4/c1-27-20(25)17-5-7-19(8-6-17)28-16-4-2-3-13-23-14-15-24(21(23)26)18-9-11-22-12-10-18/h5-12H,2-4,13-16H2,1H3. The average Bonchev–Trinajstić information content (AvgIpc) is 3.11. The second-order valence-electron chi connectivity index (χ2n) is 6.55. The molecule has 28 heavy (non-hydrogen) atoms. The molecule has 0 atom stereocenters. The van der Waals surface area contributed by atoms with Gasteiger partial charge in [-0.3, -0.25) is 9.88 Å². The van der Waals surface area contributed by atoms with Gasteiger partial charge in [0, 0.05) is 37.7 Å². The number of pyridine rings is 1. The predicted molar refractivity (Wildman–Crippen MR) is 106 cm³/mol. The van der Waals surface area contributed by atoms with Crippen LogP contribution in [0.2, 0.25) is 0 Å². The fourth-order valence-electron chi connectivity index (χ4n) is 3.13. The largest absolute Gasteiger partial charge is 0.494 e. The minimum absolute atomic E-state index is 0.0631. The minimum Gasteiger partial charge on any atom is -0.494 e. The van der Waals surface area contributed by atoms with E-state index in [0.717, 1.165) is 43.8 Å². The first kappa shape index (κ1) is 19.7. The maximum Gasteiger partial charge on any atom is 0.337 e. The number of unbranched alkanes of at least 4 members (excludes halogenated alkanes) is 2. The van der Waals surface area contributed by atoms with Crippen LogP contribution in [0.5, 0.6) is 5.75 Å². The van der Waals surface area contributed by atoms with Gasteiger partial charge in [-0.25, -0.2) is 9.59 Å². The van der Waals surface area contributed by atoms with E-state index < -0.39 is 0 Å².